The van der Waals surface area contributed by atoms with E-state index in [1.54, 1.807) is 18.2 Å². The maximum atomic E-state index is 11.4. The van der Waals surface area contributed by atoms with Crippen molar-refractivity contribution < 1.29 is 19.4 Å². The number of ether oxygens (including phenoxy) is 2. The molecule has 5 nitrogen and oxygen atoms in total. The fourth-order valence-electron chi connectivity index (χ4n) is 2.13. The number of carbonyl (C=O) groups is 1. The van der Waals surface area contributed by atoms with Gasteiger partial charge in [-0.25, -0.2) is 4.79 Å². The van der Waals surface area contributed by atoms with Crippen molar-refractivity contribution in [3.63, 3.8) is 0 Å². The van der Waals surface area contributed by atoms with Crippen molar-refractivity contribution in [2.75, 3.05) is 13.7 Å². The van der Waals surface area contributed by atoms with Crippen LogP contribution in [0.5, 0.6) is 11.5 Å². The second kappa shape index (κ2) is 5.57. The fourth-order valence-corrected chi connectivity index (χ4v) is 2.13. The molecule has 0 saturated carbocycles. The van der Waals surface area contributed by atoms with E-state index in [9.17, 15) is 9.90 Å². The second-order valence-electron chi connectivity index (χ2n) is 5.04. The average molecular weight is 288 g/mol. The van der Waals surface area contributed by atoms with E-state index in [2.05, 4.69) is 5.32 Å². The summed E-state index contributed by atoms with van der Waals surface area (Å²) in [4.78, 5) is 11.4. The van der Waals surface area contributed by atoms with Gasteiger partial charge in [0, 0.05) is 11.0 Å². The van der Waals surface area contributed by atoms with Gasteiger partial charge < -0.3 is 19.9 Å². The van der Waals surface area contributed by atoms with Gasteiger partial charge in [-0.1, -0.05) is 26.0 Å². The van der Waals surface area contributed by atoms with Crippen LogP contribution in [0.3, 0.4) is 0 Å². The Hall–Kier alpha value is -1.62. The smallest absolute Gasteiger partial charge is 0.407 e. The molecule has 0 aliphatic carbocycles. The summed E-state index contributed by atoms with van der Waals surface area (Å²) in [6.07, 6.45) is -0.471. The Morgan fingerprint density at radius 3 is 2.79 bits per heavy atom. The van der Waals surface area contributed by atoms with Crippen LogP contribution in [0.1, 0.15) is 25.5 Å². The molecule has 0 spiro atoms. The van der Waals surface area contributed by atoms with Gasteiger partial charge in [-0.15, -0.1) is 12.4 Å². The van der Waals surface area contributed by atoms with E-state index in [0.29, 0.717) is 17.9 Å². The molecular weight excluding hydrogens is 270 g/mol. The number of carbonyl (C=O) groups excluding carboxylic acids is 1. The monoisotopic (exact) mass is 287 g/mol. The van der Waals surface area contributed by atoms with Crippen molar-refractivity contribution in [2.24, 2.45) is 5.41 Å². The molecule has 1 amide bonds. The number of rotatable bonds is 2. The average Bonchev–Trinajstić information content (AvgIpc) is 2.33. The number of hydrogen-bond acceptors (Lipinski definition) is 4. The van der Waals surface area contributed by atoms with E-state index in [4.69, 9.17) is 9.47 Å². The lowest BCUT2D eigenvalue weighted by Crippen LogP contribution is -2.46. The Kier molecular flexibility index (Phi) is 4.52. The number of hydrogen-bond donors (Lipinski definition) is 2. The number of methoxy groups -OCH3 is 1. The third-order valence-corrected chi connectivity index (χ3v) is 3.18. The Bertz CT molecular complexity index is 476. The Morgan fingerprint density at radius 2 is 2.16 bits per heavy atom. The summed E-state index contributed by atoms with van der Waals surface area (Å²) in [6, 6.07) is 4.92. The van der Waals surface area contributed by atoms with Gasteiger partial charge in [-0.2, -0.15) is 0 Å². The topological polar surface area (TPSA) is 67.8 Å². The number of aromatic hydroxyl groups is 1. The van der Waals surface area contributed by atoms with E-state index < -0.39 is 6.09 Å². The van der Waals surface area contributed by atoms with Crippen LogP contribution in [0.15, 0.2) is 18.2 Å². The van der Waals surface area contributed by atoms with Gasteiger partial charge in [-0.3, -0.25) is 0 Å². The number of phenolic OH excluding ortho intramolecular Hbond substituents is 1. The molecular formula is C13H18ClNO4. The van der Waals surface area contributed by atoms with Gasteiger partial charge in [-0.05, 0) is 6.07 Å². The van der Waals surface area contributed by atoms with Crippen LogP contribution in [-0.4, -0.2) is 24.9 Å². The van der Waals surface area contributed by atoms with E-state index in [-0.39, 0.29) is 29.6 Å². The first-order valence-corrected chi connectivity index (χ1v) is 5.75. The normalized spacial score (nSPS) is 20.8. The van der Waals surface area contributed by atoms with Gasteiger partial charge in [0.05, 0.1) is 13.2 Å². The van der Waals surface area contributed by atoms with Crippen molar-refractivity contribution in [3.8, 4) is 11.5 Å². The summed E-state index contributed by atoms with van der Waals surface area (Å²) >= 11 is 0. The molecule has 1 aliphatic rings. The Balaban J connectivity index is 0.00000180. The molecule has 1 aromatic carbocycles. The van der Waals surface area contributed by atoms with Gasteiger partial charge >= 0.3 is 6.09 Å². The van der Waals surface area contributed by atoms with Crippen molar-refractivity contribution in [1.82, 2.24) is 5.32 Å². The minimum atomic E-state index is -0.471. The zero-order valence-electron chi connectivity index (χ0n) is 11.1. The lowest BCUT2D eigenvalue weighted by molar-refractivity contribution is 0.0380. The van der Waals surface area contributed by atoms with Gasteiger partial charge in [0.2, 0.25) is 0 Å². The number of halogens is 1. The van der Waals surface area contributed by atoms with E-state index >= 15 is 0 Å². The zero-order chi connectivity index (χ0) is 13.3. The third kappa shape index (κ3) is 2.87. The molecule has 2 N–H and O–H groups in total. The number of benzene rings is 1. The number of amides is 1. The lowest BCUT2D eigenvalue weighted by Gasteiger charge is -2.38. The number of alkyl carbamates (subject to hydrolysis) is 1. The predicted molar refractivity (Wildman–Crippen MR) is 72.9 cm³/mol. The number of nitrogens with one attached hydrogen (secondary N) is 1. The SMILES string of the molecule is COc1cccc([C@H]2NC(=O)OCC2(C)C)c1O.Cl. The van der Waals surface area contributed by atoms with Crippen molar-refractivity contribution in [1.29, 1.82) is 0 Å². The maximum absolute atomic E-state index is 11.4. The molecule has 0 bridgehead atoms. The van der Waals surface area contributed by atoms with Crippen LogP contribution >= 0.6 is 12.4 Å². The van der Waals surface area contributed by atoms with Gasteiger partial charge in [0.15, 0.2) is 11.5 Å². The Labute approximate surface area is 118 Å². The summed E-state index contributed by atoms with van der Waals surface area (Å²) in [7, 11) is 1.49. The largest absolute Gasteiger partial charge is 0.504 e. The highest BCUT2D eigenvalue weighted by Gasteiger charge is 2.39. The molecule has 106 valence electrons. The second-order valence-corrected chi connectivity index (χ2v) is 5.04. The lowest BCUT2D eigenvalue weighted by atomic mass is 9.80. The van der Waals surface area contributed by atoms with Crippen LogP contribution in [0, 0.1) is 5.41 Å². The number of phenols is 1. The first-order valence-electron chi connectivity index (χ1n) is 5.75. The van der Waals surface area contributed by atoms with Crippen LogP contribution < -0.4 is 10.1 Å². The fraction of sp³-hybridized carbons (Fsp3) is 0.462. The van der Waals surface area contributed by atoms with E-state index in [0.717, 1.165) is 0 Å². The van der Waals surface area contributed by atoms with E-state index in [1.807, 2.05) is 13.8 Å². The molecule has 1 fully saturated rings. The highest BCUT2D eigenvalue weighted by Crippen LogP contribution is 2.42. The highest BCUT2D eigenvalue weighted by atomic mass is 35.5. The summed E-state index contributed by atoms with van der Waals surface area (Å²) in [6.45, 7) is 4.24. The number of para-hydroxylation sites is 1. The third-order valence-electron chi connectivity index (χ3n) is 3.18. The first-order chi connectivity index (χ1) is 8.45. The van der Waals surface area contributed by atoms with Crippen LogP contribution in [0.4, 0.5) is 4.79 Å². The first kappa shape index (κ1) is 15.4. The summed E-state index contributed by atoms with van der Waals surface area (Å²) in [5.74, 6) is 0.448. The summed E-state index contributed by atoms with van der Waals surface area (Å²) in [5.41, 5.74) is 0.327. The molecule has 19 heavy (non-hydrogen) atoms. The Morgan fingerprint density at radius 1 is 1.47 bits per heavy atom. The quantitative estimate of drug-likeness (QED) is 0.877. The highest BCUT2D eigenvalue weighted by molar-refractivity contribution is 5.85. The molecule has 1 aliphatic heterocycles. The van der Waals surface area contributed by atoms with Gasteiger partial charge in [0.1, 0.15) is 6.61 Å². The molecule has 0 aromatic heterocycles. The standard InChI is InChI=1S/C13H17NO4.ClH/c1-13(2)7-18-12(16)14-11(13)8-5-4-6-9(17-3)10(8)15;/h4-6,11,15H,7H2,1-3H3,(H,14,16);1H/t11-;/m1./s1. The van der Waals surface area contributed by atoms with Crippen molar-refractivity contribution in [3.05, 3.63) is 23.8 Å². The number of cyclic esters (lactones) is 1. The van der Waals surface area contributed by atoms with Crippen LogP contribution in [-0.2, 0) is 4.74 Å². The zero-order valence-corrected chi connectivity index (χ0v) is 11.9. The van der Waals surface area contributed by atoms with Crippen LogP contribution in [0.2, 0.25) is 0 Å². The molecule has 0 unspecified atom stereocenters. The predicted octanol–water partition coefficient (Wildman–Crippen LogP) is 2.63. The van der Waals surface area contributed by atoms with Crippen molar-refractivity contribution >= 4 is 18.5 Å². The minimum Gasteiger partial charge on any atom is -0.504 e. The maximum Gasteiger partial charge on any atom is 0.407 e. The van der Waals surface area contributed by atoms with Crippen LogP contribution in [0.25, 0.3) is 0 Å². The summed E-state index contributed by atoms with van der Waals surface area (Å²) < 4.78 is 10.1. The molecule has 0 radical (unpaired) electrons. The molecule has 1 atom stereocenters. The molecule has 1 heterocycles. The molecule has 1 aromatic rings. The van der Waals surface area contributed by atoms with Crippen molar-refractivity contribution in [2.45, 2.75) is 19.9 Å². The molecule has 1 saturated heterocycles. The minimum absolute atomic E-state index is 0. The van der Waals surface area contributed by atoms with E-state index in [1.165, 1.54) is 7.11 Å². The molecule has 2 rings (SSSR count). The molecule has 6 heteroatoms. The van der Waals surface area contributed by atoms with Gasteiger partial charge in [0.25, 0.3) is 0 Å². The summed E-state index contributed by atoms with van der Waals surface area (Å²) in [5, 5.41) is 12.9.